The highest BCUT2D eigenvalue weighted by Gasteiger charge is 2.04. The van der Waals surface area contributed by atoms with E-state index in [1.54, 1.807) is 7.11 Å². The Kier molecular flexibility index (Phi) is 4.06. The number of pyridine rings is 1. The third kappa shape index (κ3) is 3.16. The summed E-state index contributed by atoms with van der Waals surface area (Å²) in [6, 6.07) is 16.3. The van der Waals surface area contributed by atoms with Crippen LogP contribution in [-0.2, 0) is 6.54 Å². The third-order valence-corrected chi connectivity index (χ3v) is 3.88. The molecule has 3 nitrogen and oxygen atoms in total. The molecule has 0 radical (unpaired) electrons. The lowest BCUT2D eigenvalue weighted by molar-refractivity contribution is 0.415. The van der Waals surface area contributed by atoms with Crippen LogP contribution in [0.15, 0.2) is 59.2 Å². The van der Waals surface area contributed by atoms with Crippen molar-refractivity contribution in [1.29, 1.82) is 0 Å². The Labute approximate surface area is 132 Å². The van der Waals surface area contributed by atoms with Gasteiger partial charge in [0.1, 0.15) is 11.6 Å². The van der Waals surface area contributed by atoms with Gasteiger partial charge in [0, 0.05) is 22.6 Å². The van der Waals surface area contributed by atoms with Crippen LogP contribution in [0.5, 0.6) is 5.75 Å². The Hall–Kier alpha value is -2.07. The largest absolute Gasteiger partial charge is 0.497 e. The molecule has 0 atom stereocenters. The zero-order valence-electron chi connectivity index (χ0n) is 11.6. The number of halogens is 1. The molecule has 21 heavy (non-hydrogen) atoms. The third-order valence-electron chi connectivity index (χ3n) is 3.35. The minimum atomic E-state index is 0.733. The smallest absolute Gasteiger partial charge is 0.134 e. The van der Waals surface area contributed by atoms with Crippen molar-refractivity contribution in [2.24, 2.45) is 0 Å². The summed E-state index contributed by atoms with van der Waals surface area (Å²) >= 11 is 3.44. The van der Waals surface area contributed by atoms with E-state index in [0.717, 1.165) is 33.4 Å². The van der Waals surface area contributed by atoms with Gasteiger partial charge in [0.05, 0.1) is 7.11 Å². The van der Waals surface area contributed by atoms with Crippen molar-refractivity contribution < 1.29 is 4.74 Å². The second-order valence-corrected chi connectivity index (χ2v) is 5.64. The predicted octanol–water partition coefficient (Wildman–Crippen LogP) is 4.62. The summed E-state index contributed by atoms with van der Waals surface area (Å²) in [7, 11) is 1.67. The lowest BCUT2D eigenvalue weighted by atomic mass is 10.1. The lowest BCUT2D eigenvalue weighted by Crippen LogP contribution is -2.01. The number of ether oxygens (including phenoxy) is 1. The molecule has 0 spiro atoms. The Bertz CT molecular complexity index is 756. The van der Waals surface area contributed by atoms with Crippen molar-refractivity contribution in [3.63, 3.8) is 0 Å². The SMILES string of the molecule is COc1ccc2ccnc(NCc3ccc(Br)cc3)c2c1. The van der Waals surface area contributed by atoms with Gasteiger partial charge in [0.2, 0.25) is 0 Å². The van der Waals surface area contributed by atoms with Gasteiger partial charge in [0.25, 0.3) is 0 Å². The number of benzene rings is 2. The van der Waals surface area contributed by atoms with Gasteiger partial charge >= 0.3 is 0 Å². The molecule has 0 bridgehead atoms. The molecule has 106 valence electrons. The first-order valence-electron chi connectivity index (χ1n) is 6.67. The van der Waals surface area contributed by atoms with Gasteiger partial charge in [-0.25, -0.2) is 4.98 Å². The van der Waals surface area contributed by atoms with Gasteiger partial charge in [0.15, 0.2) is 0 Å². The number of methoxy groups -OCH3 is 1. The van der Waals surface area contributed by atoms with E-state index in [1.165, 1.54) is 5.56 Å². The molecule has 0 aliphatic heterocycles. The molecule has 0 aliphatic carbocycles. The van der Waals surface area contributed by atoms with Crippen molar-refractivity contribution in [2.45, 2.75) is 6.54 Å². The highest BCUT2D eigenvalue weighted by atomic mass is 79.9. The quantitative estimate of drug-likeness (QED) is 0.751. The summed E-state index contributed by atoms with van der Waals surface area (Å²) in [5.74, 6) is 1.71. The summed E-state index contributed by atoms with van der Waals surface area (Å²) in [4.78, 5) is 4.44. The Morgan fingerprint density at radius 2 is 1.90 bits per heavy atom. The predicted molar refractivity (Wildman–Crippen MR) is 89.8 cm³/mol. The van der Waals surface area contributed by atoms with Crippen molar-refractivity contribution >= 4 is 32.5 Å². The number of rotatable bonds is 4. The standard InChI is InChI=1S/C17H15BrN2O/c1-21-15-7-4-13-8-9-19-17(16(13)10-15)20-11-12-2-5-14(18)6-3-12/h2-10H,11H2,1H3,(H,19,20). The second kappa shape index (κ2) is 6.14. The summed E-state index contributed by atoms with van der Waals surface area (Å²) in [5.41, 5.74) is 1.21. The van der Waals surface area contributed by atoms with E-state index >= 15 is 0 Å². The molecule has 3 aromatic rings. The fourth-order valence-electron chi connectivity index (χ4n) is 2.20. The first kappa shape index (κ1) is 13.9. The lowest BCUT2D eigenvalue weighted by Gasteiger charge is -2.10. The van der Waals surface area contributed by atoms with E-state index in [1.807, 2.05) is 42.6 Å². The van der Waals surface area contributed by atoms with Crippen LogP contribution in [-0.4, -0.2) is 12.1 Å². The van der Waals surface area contributed by atoms with Crippen LogP contribution in [0.2, 0.25) is 0 Å². The van der Waals surface area contributed by atoms with Gasteiger partial charge in [-0.1, -0.05) is 34.1 Å². The molecule has 1 heterocycles. The van der Waals surface area contributed by atoms with Crippen LogP contribution in [0.3, 0.4) is 0 Å². The number of aromatic nitrogens is 1. The normalized spacial score (nSPS) is 10.6. The van der Waals surface area contributed by atoms with E-state index in [2.05, 4.69) is 38.4 Å². The maximum absolute atomic E-state index is 5.29. The number of anilines is 1. The molecular weight excluding hydrogens is 328 g/mol. The number of nitrogens with one attached hydrogen (secondary N) is 1. The van der Waals surface area contributed by atoms with Crippen molar-refractivity contribution in [3.8, 4) is 5.75 Å². The molecule has 0 amide bonds. The fourth-order valence-corrected chi connectivity index (χ4v) is 2.47. The van der Waals surface area contributed by atoms with E-state index < -0.39 is 0 Å². The minimum Gasteiger partial charge on any atom is -0.497 e. The Morgan fingerprint density at radius 1 is 1.10 bits per heavy atom. The molecule has 0 fully saturated rings. The maximum Gasteiger partial charge on any atom is 0.134 e. The highest BCUT2D eigenvalue weighted by Crippen LogP contribution is 2.26. The fraction of sp³-hybridized carbons (Fsp3) is 0.118. The molecule has 1 N–H and O–H groups in total. The first-order chi connectivity index (χ1) is 10.3. The topological polar surface area (TPSA) is 34.1 Å². The average molecular weight is 343 g/mol. The molecule has 0 aliphatic rings. The molecule has 0 saturated carbocycles. The first-order valence-corrected chi connectivity index (χ1v) is 7.46. The van der Waals surface area contributed by atoms with E-state index in [0.29, 0.717) is 0 Å². The summed E-state index contributed by atoms with van der Waals surface area (Å²) in [5, 5.41) is 5.60. The molecule has 3 rings (SSSR count). The van der Waals surface area contributed by atoms with Crippen molar-refractivity contribution in [2.75, 3.05) is 12.4 Å². The van der Waals surface area contributed by atoms with Gasteiger partial charge < -0.3 is 10.1 Å². The minimum absolute atomic E-state index is 0.733. The summed E-state index contributed by atoms with van der Waals surface area (Å²) in [6.45, 7) is 0.733. The highest BCUT2D eigenvalue weighted by molar-refractivity contribution is 9.10. The Morgan fingerprint density at radius 3 is 2.67 bits per heavy atom. The molecule has 2 aromatic carbocycles. The van der Waals surface area contributed by atoms with Gasteiger partial charge in [-0.05, 0) is 41.3 Å². The monoisotopic (exact) mass is 342 g/mol. The Balaban J connectivity index is 1.87. The van der Waals surface area contributed by atoms with E-state index in [9.17, 15) is 0 Å². The van der Waals surface area contributed by atoms with Crippen LogP contribution in [0.4, 0.5) is 5.82 Å². The van der Waals surface area contributed by atoms with Crippen LogP contribution in [0.25, 0.3) is 10.8 Å². The number of nitrogens with zero attached hydrogens (tertiary/aromatic N) is 1. The van der Waals surface area contributed by atoms with Gasteiger partial charge in [-0.3, -0.25) is 0 Å². The molecular formula is C17H15BrN2O. The maximum atomic E-state index is 5.29. The summed E-state index contributed by atoms with van der Waals surface area (Å²) in [6.07, 6.45) is 1.82. The van der Waals surface area contributed by atoms with E-state index in [4.69, 9.17) is 4.74 Å². The second-order valence-electron chi connectivity index (χ2n) is 4.73. The van der Waals surface area contributed by atoms with Crippen LogP contribution in [0, 0.1) is 0 Å². The van der Waals surface area contributed by atoms with Gasteiger partial charge in [-0.15, -0.1) is 0 Å². The summed E-state index contributed by atoms with van der Waals surface area (Å²) < 4.78 is 6.38. The number of hydrogen-bond donors (Lipinski definition) is 1. The van der Waals surface area contributed by atoms with Crippen LogP contribution < -0.4 is 10.1 Å². The zero-order valence-corrected chi connectivity index (χ0v) is 13.2. The van der Waals surface area contributed by atoms with Crippen LogP contribution >= 0.6 is 15.9 Å². The van der Waals surface area contributed by atoms with Crippen molar-refractivity contribution in [3.05, 3.63) is 64.8 Å². The zero-order chi connectivity index (χ0) is 14.7. The molecule has 0 saturated heterocycles. The average Bonchev–Trinajstić information content (AvgIpc) is 2.54. The molecule has 0 unspecified atom stereocenters. The van der Waals surface area contributed by atoms with Crippen LogP contribution in [0.1, 0.15) is 5.56 Å². The molecule has 1 aromatic heterocycles. The molecule has 4 heteroatoms. The van der Waals surface area contributed by atoms with Gasteiger partial charge in [-0.2, -0.15) is 0 Å². The van der Waals surface area contributed by atoms with E-state index in [-0.39, 0.29) is 0 Å². The number of fused-ring (bicyclic) bond motifs is 1. The van der Waals surface area contributed by atoms with Crippen molar-refractivity contribution in [1.82, 2.24) is 4.98 Å². The number of hydrogen-bond acceptors (Lipinski definition) is 3.